The number of ether oxygens (including phenoxy) is 1. The van der Waals surface area contributed by atoms with Crippen LogP contribution in [0.25, 0.3) is 0 Å². The van der Waals surface area contributed by atoms with Crippen molar-refractivity contribution in [2.75, 3.05) is 18.5 Å². The fraction of sp³-hybridized carbons (Fsp3) is 0.462. The van der Waals surface area contributed by atoms with Crippen molar-refractivity contribution in [2.45, 2.75) is 25.4 Å². The first-order valence-corrected chi connectivity index (χ1v) is 6.45. The second kappa shape index (κ2) is 6.33. The van der Waals surface area contributed by atoms with E-state index in [-0.39, 0.29) is 17.4 Å². The second-order valence-electron chi connectivity index (χ2n) is 4.66. The lowest BCUT2D eigenvalue weighted by Crippen LogP contribution is -2.27. The van der Waals surface area contributed by atoms with Gasteiger partial charge in [0.05, 0.1) is 16.6 Å². The summed E-state index contributed by atoms with van der Waals surface area (Å²) in [5.41, 5.74) is 0.0362. The van der Waals surface area contributed by atoms with Gasteiger partial charge in [0.1, 0.15) is 0 Å². The van der Waals surface area contributed by atoms with Gasteiger partial charge in [-0.1, -0.05) is 0 Å². The van der Waals surface area contributed by atoms with Gasteiger partial charge >= 0.3 is 5.97 Å². The smallest absolute Gasteiger partial charge is 0.338 e. The Hall–Kier alpha value is -2.15. The first kappa shape index (κ1) is 14.3. The number of carboxylic acid groups (broad SMARTS) is 1. The van der Waals surface area contributed by atoms with Gasteiger partial charge in [0.25, 0.3) is 5.69 Å². The van der Waals surface area contributed by atoms with Crippen LogP contribution in [-0.4, -0.2) is 35.3 Å². The number of nitro groups is 1. The summed E-state index contributed by atoms with van der Waals surface area (Å²) in [4.78, 5) is 21.2. The zero-order valence-corrected chi connectivity index (χ0v) is 10.9. The Labute approximate surface area is 115 Å². The summed E-state index contributed by atoms with van der Waals surface area (Å²) >= 11 is 0. The third-order valence-electron chi connectivity index (χ3n) is 3.24. The minimum atomic E-state index is -1.19. The molecule has 1 fully saturated rings. The van der Waals surface area contributed by atoms with Crippen LogP contribution in [0.5, 0.6) is 0 Å². The standard InChI is InChI=1S/C13H16N2O5/c16-13(17)11-7-9(15(18)19)4-5-12(11)14-8-10-3-1-2-6-20-10/h4-5,7,10,14H,1-3,6,8H2,(H,16,17). The highest BCUT2D eigenvalue weighted by molar-refractivity contribution is 5.95. The quantitative estimate of drug-likeness (QED) is 0.633. The minimum absolute atomic E-state index is 0.0561. The topological polar surface area (TPSA) is 102 Å². The molecule has 1 aliphatic rings. The molecule has 7 heteroatoms. The lowest BCUT2D eigenvalue weighted by Gasteiger charge is -2.23. The number of rotatable bonds is 5. The summed E-state index contributed by atoms with van der Waals surface area (Å²) in [7, 11) is 0. The summed E-state index contributed by atoms with van der Waals surface area (Å²) in [6.45, 7) is 1.22. The summed E-state index contributed by atoms with van der Waals surface area (Å²) in [6.07, 6.45) is 3.13. The van der Waals surface area contributed by atoms with Gasteiger partial charge in [-0.25, -0.2) is 4.79 Å². The van der Waals surface area contributed by atoms with Crippen LogP contribution in [0.1, 0.15) is 29.6 Å². The summed E-state index contributed by atoms with van der Waals surface area (Å²) < 4.78 is 5.54. The predicted octanol–water partition coefficient (Wildman–Crippen LogP) is 2.27. The van der Waals surface area contributed by atoms with Crippen molar-refractivity contribution < 1.29 is 19.6 Å². The summed E-state index contributed by atoms with van der Waals surface area (Å²) in [5.74, 6) is -1.19. The number of hydrogen-bond donors (Lipinski definition) is 2. The van der Waals surface area contributed by atoms with E-state index < -0.39 is 10.9 Å². The molecule has 2 rings (SSSR count). The fourth-order valence-electron chi connectivity index (χ4n) is 2.17. The third kappa shape index (κ3) is 3.45. The SMILES string of the molecule is O=C(O)c1cc([N+](=O)[O-])ccc1NCC1CCCCO1. The maximum Gasteiger partial charge on any atom is 0.338 e. The number of nitrogens with one attached hydrogen (secondary N) is 1. The van der Waals surface area contributed by atoms with Crippen molar-refractivity contribution in [2.24, 2.45) is 0 Å². The van der Waals surface area contributed by atoms with Crippen LogP contribution in [0.4, 0.5) is 11.4 Å². The molecule has 0 bridgehead atoms. The maximum absolute atomic E-state index is 11.2. The van der Waals surface area contributed by atoms with Crippen LogP contribution in [0, 0.1) is 10.1 Å². The van der Waals surface area contributed by atoms with E-state index in [1.54, 1.807) is 0 Å². The number of non-ortho nitro benzene ring substituents is 1. The Morgan fingerprint density at radius 2 is 2.30 bits per heavy atom. The minimum Gasteiger partial charge on any atom is -0.478 e. The Kier molecular flexibility index (Phi) is 4.52. The fourth-order valence-corrected chi connectivity index (χ4v) is 2.17. The number of anilines is 1. The molecule has 7 nitrogen and oxygen atoms in total. The monoisotopic (exact) mass is 280 g/mol. The van der Waals surface area contributed by atoms with Crippen molar-refractivity contribution in [3.8, 4) is 0 Å². The number of carboxylic acids is 1. The van der Waals surface area contributed by atoms with Crippen LogP contribution < -0.4 is 5.32 Å². The lowest BCUT2D eigenvalue weighted by atomic mass is 10.1. The molecule has 108 valence electrons. The molecule has 20 heavy (non-hydrogen) atoms. The van der Waals surface area contributed by atoms with Crippen LogP contribution in [-0.2, 0) is 4.74 Å². The van der Waals surface area contributed by atoms with E-state index in [9.17, 15) is 14.9 Å². The van der Waals surface area contributed by atoms with Gasteiger partial charge in [-0.3, -0.25) is 10.1 Å². The molecule has 1 aliphatic heterocycles. The van der Waals surface area contributed by atoms with Gasteiger partial charge in [0.15, 0.2) is 0 Å². The van der Waals surface area contributed by atoms with E-state index in [2.05, 4.69) is 5.32 Å². The molecule has 0 saturated carbocycles. The van der Waals surface area contributed by atoms with E-state index in [1.165, 1.54) is 12.1 Å². The van der Waals surface area contributed by atoms with E-state index in [0.717, 1.165) is 31.9 Å². The summed E-state index contributed by atoms with van der Waals surface area (Å²) in [6, 6.07) is 3.77. The maximum atomic E-state index is 11.2. The molecule has 1 aromatic carbocycles. The van der Waals surface area contributed by atoms with Gasteiger partial charge in [-0.05, 0) is 25.3 Å². The Morgan fingerprint density at radius 3 is 2.90 bits per heavy atom. The Bertz CT molecular complexity index is 511. The van der Waals surface area contributed by atoms with Crippen LogP contribution in [0.3, 0.4) is 0 Å². The van der Waals surface area contributed by atoms with Crippen LogP contribution >= 0.6 is 0 Å². The molecule has 1 atom stereocenters. The molecule has 2 N–H and O–H groups in total. The van der Waals surface area contributed by atoms with Gasteiger partial charge in [0.2, 0.25) is 0 Å². The Balaban J connectivity index is 2.09. The van der Waals surface area contributed by atoms with Crippen molar-refractivity contribution >= 4 is 17.3 Å². The molecular formula is C13H16N2O5. The van der Waals surface area contributed by atoms with Crippen LogP contribution in [0.15, 0.2) is 18.2 Å². The Morgan fingerprint density at radius 1 is 1.50 bits per heavy atom. The average Bonchev–Trinajstić information content (AvgIpc) is 2.45. The van der Waals surface area contributed by atoms with Gasteiger partial charge in [0, 0.05) is 31.0 Å². The molecule has 1 heterocycles. The van der Waals surface area contributed by atoms with Gasteiger partial charge in [-0.2, -0.15) is 0 Å². The van der Waals surface area contributed by atoms with E-state index >= 15 is 0 Å². The highest BCUT2D eigenvalue weighted by atomic mass is 16.6. The molecule has 1 aromatic rings. The van der Waals surface area contributed by atoms with Crippen molar-refractivity contribution in [3.63, 3.8) is 0 Å². The first-order chi connectivity index (χ1) is 9.58. The van der Waals surface area contributed by atoms with Crippen molar-refractivity contribution in [1.29, 1.82) is 0 Å². The lowest BCUT2D eigenvalue weighted by molar-refractivity contribution is -0.384. The van der Waals surface area contributed by atoms with E-state index in [0.29, 0.717) is 12.2 Å². The number of nitro benzene ring substituents is 1. The van der Waals surface area contributed by atoms with E-state index in [4.69, 9.17) is 9.84 Å². The highest BCUT2D eigenvalue weighted by Gasteiger charge is 2.18. The van der Waals surface area contributed by atoms with Gasteiger partial charge in [-0.15, -0.1) is 0 Å². The normalized spacial score (nSPS) is 18.5. The molecule has 0 spiro atoms. The molecule has 1 unspecified atom stereocenters. The molecule has 1 saturated heterocycles. The molecular weight excluding hydrogens is 264 g/mol. The molecule has 0 aliphatic carbocycles. The number of nitrogens with zero attached hydrogens (tertiary/aromatic N) is 1. The largest absolute Gasteiger partial charge is 0.478 e. The number of carbonyl (C=O) groups is 1. The number of hydrogen-bond acceptors (Lipinski definition) is 5. The second-order valence-corrected chi connectivity index (χ2v) is 4.66. The number of aromatic carboxylic acids is 1. The highest BCUT2D eigenvalue weighted by Crippen LogP contribution is 2.23. The molecule has 0 aromatic heterocycles. The predicted molar refractivity (Wildman–Crippen MR) is 72.1 cm³/mol. The molecule has 0 amide bonds. The number of benzene rings is 1. The van der Waals surface area contributed by atoms with Crippen molar-refractivity contribution in [3.05, 3.63) is 33.9 Å². The van der Waals surface area contributed by atoms with E-state index in [1.807, 2.05) is 0 Å². The zero-order valence-electron chi connectivity index (χ0n) is 10.9. The molecule has 0 radical (unpaired) electrons. The summed E-state index contributed by atoms with van der Waals surface area (Å²) in [5, 5.41) is 22.8. The van der Waals surface area contributed by atoms with Crippen molar-refractivity contribution in [1.82, 2.24) is 0 Å². The average molecular weight is 280 g/mol. The van der Waals surface area contributed by atoms with Crippen LogP contribution in [0.2, 0.25) is 0 Å². The zero-order chi connectivity index (χ0) is 14.5. The first-order valence-electron chi connectivity index (χ1n) is 6.45. The third-order valence-corrected chi connectivity index (χ3v) is 3.24. The van der Waals surface area contributed by atoms with Gasteiger partial charge < -0.3 is 15.2 Å².